The van der Waals surface area contributed by atoms with Crippen LogP contribution in [0.1, 0.15) is 13.8 Å². The molecule has 96 valence electrons. The van der Waals surface area contributed by atoms with E-state index in [2.05, 4.69) is 20.6 Å². The van der Waals surface area contributed by atoms with Gasteiger partial charge in [0.25, 0.3) is 0 Å². The molecule has 0 aliphatic rings. The Kier molecular flexibility index (Phi) is 5.11. The largest absolute Gasteiger partial charge is 0.383 e. The van der Waals surface area contributed by atoms with Crippen molar-refractivity contribution in [3.8, 4) is 0 Å². The average Bonchev–Trinajstić information content (AvgIpc) is 2.27. The molecule has 0 saturated heterocycles. The maximum absolute atomic E-state index is 5.88. The van der Waals surface area contributed by atoms with Crippen LogP contribution in [0.5, 0.6) is 0 Å². The summed E-state index contributed by atoms with van der Waals surface area (Å²) in [7, 11) is 1.66. The fourth-order valence-electron chi connectivity index (χ4n) is 1.15. The molecule has 1 aromatic rings. The third-order valence-electron chi connectivity index (χ3n) is 2.00. The van der Waals surface area contributed by atoms with E-state index in [1.165, 1.54) is 6.33 Å². The molecule has 1 heterocycles. The van der Waals surface area contributed by atoms with Gasteiger partial charge in [-0.3, -0.25) is 0 Å². The van der Waals surface area contributed by atoms with Crippen molar-refractivity contribution in [1.82, 2.24) is 9.97 Å². The van der Waals surface area contributed by atoms with E-state index in [9.17, 15) is 0 Å². The number of ether oxygens (including phenoxy) is 1. The van der Waals surface area contributed by atoms with Crippen LogP contribution in [0.3, 0.4) is 0 Å². The number of hydrogen-bond donors (Lipinski definition) is 3. The molecule has 0 radical (unpaired) electrons. The predicted molar refractivity (Wildman–Crippen MR) is 69.2 cm³/mol. The Morgan fingerprint density at radius 1 is 1.29 bits per heavy atom. The predicted octanol–water partition coefficient (Wildman–Crippen LogP) is 0.684. The van der Waals surface area contributed by atoms with Gasteiger partial charge in [-0.05, 0) is 13.8 Å². The second-order valence-electron chi connectivity index (χ2n) is 4.55. The minimum absolute atomic E-state index is 0.269. The quantitative estimate of drug-likeness (QED) is 0.607. The van der Waals surface area contributed by atoms with Gasteiger partial charge in [-0.25, -0.2) is 9.97 Å². The Morgan fingerprint density at radius 2 is 1.94 bits per heavy atom. The number of hydrogen-bond acceptors (Lipinski definition) is 6. The lowest BCUT2D eigenvalue weighted by molar-refractivity contribution is 0.210. The third-order valence-corrected chi connectivity index (χ3v) is 2.00. The van der Waals surface area contributed by atoms with Gasteiger partial charge in [0, 0.05) is 31.8 Å². The van der Waals surface area contributed by atoms with Crippen molar-refractivity contribution in [1.29, 1.82) is 0 Å². The summed E-state index contributed by atoms with van der Waals surface area (Å²) in [6, 6.07) is 1.85. The summed E-state index contributed by atoms with van der Waals surface area (Å²) in [6.45, 7) is 5.93. The van der Waals surface area contributed by atoms with E-state index < -0.39 is 0 Å². The van der Waals surface area contributed by atoms with Gasteiger partial charge in [0.2, 0.25) is 0 Å². The Labute approximate surface area is 102 Å². The third kappa shape index (κ3) is 6.03. The van der Waals surface area contributed by atoms with Crippen molar-refractivity contribution in [3.05, 3.63) is 12.4 Å². The maximum atomic E-state index is 5.88. The molecule has 0 saturated carbocycles. The fourth-order valence-corrected chi connectivity index (χ4v) is 1.15. The lowest BCUT2D eigenvalue weighted by Crippen LogP contribution is -2.39. The SMILES string of the molecule is COCCNc1cc(NCC(C)(C)N)ncn1. The zero-order valence-electron chi connectivity index (χ0n) is 10.7. The molecule has 4 N–H and O–H groups in total. The van der Waals surface area contributed by atoms with Crippen molar-refractivity contribution in [2.45, 2.75) is 19.4 Å². The van der Waals surface area contributed by atoms with Crippen LogP contribution in [0.2, 0.25) is 0 Å². The molecule has 1 aromatic heterocycles. The first-order chi connectivity index (χ1) is 8.01. The summed E-state index contributed by atoms with van der Waals surface area (Å²) in [4.78, 5) is 8.23. The van der Waals surface area contributed by atoms with Gasteiger partial charge in [-0.1, -0.05) is 0 Å². The van der Waals surface area contributed by atoms with Crippen LogP contribution in [-0.2, 0) is 4.74 Å². The Hall–Kier alpha value is -1.40. The summed E-state index contributed by atoms with van der Waals surface area (Å²) < 4.78 is 4.95. The lowest BCUT2D eigenvalue weighted by atomic mass is 10.1. The van der Waals surface area contributed by atoms with E-state index in [1.54, 1.807) is 7.11 Å². The zero-order chi connectivity index (χ0) is 12.7. The van der Waals surface area contributed by atoms with Crippen LogP contribution in [-0.4, -0.2) is 42.3 Å². The Morgan fingerprint density at radius 3 is 2.53 bits per heavy atom. The van der Waals surface area contributed by atoms with Crippen molar-refractivity contribution in [2.75, 3.05) is 37.4 Å². The minimum atomic E-state index is -0.269. The molecule has 0 fully saturated rings. The number of methoxy groups -OCH3 is 1. The number of aromatic nitrogens is 2. The Bertz CT molecular complexity index is 337. The normalized spacial score (nSPS) is 11.3. The fraction of sp³-hybridized carbons (Fsp3) is 0.636. The van der Waals surface area contributed by atoms with E-state index in [0.717, 1.165) is 18.2 Å². The van der Waals surface area contributed by atoms with Crippen LogP contribution in [0, 0.1) is 0 Å². The maximum Gasteiger partial charge on any atom is 0.131 e. The van der Waals surface area contributed by atoms with Crippen molar-refractivity contribution >= 4 is 11.6 Å². The molecule has 17 heavy (non-hydrogen) atoms. The van der Waals surface area contributed by atoms with Crippen LogP contribution in [0.25, 0.3) is 0 Å². The van der Waals surface area contributed by atoms with Crippen molar-refractivity contribution in [2.24, 2.45) is 5.73 Å². The van der Waals surface area contributed by atoms with Gasteiger partial charge in [0.1, 0.15) is 18.0 Å². The topological polar surface area (TPSA) is 85.1 Å². The van der Waals surface area contributed by atoms with Crippen LogP contribution in [0.15, 0.2) is 12.4 Å². The molecule has 0 aliphatic heterocycles. The van der Waals surface area contributed by atoms with E-state index in [4.69, 9.17) is 10.5 Å². The highest BCUT2D eigenvalue weighted by Gasteiger charge is 2.10. The monoisotopic (exact) mass is 239 g/mol. The molecule has 0 unspecified atom stereocenters. The molecular formula is C11H21N5O. The van der Waals surface area contributed by atoms with E-state index in [-0.39, 0.29) is 5.54 Å². The summed E-state index contributed by atoms with van der Waals surface area (Å²) in [6.07, 6.45) is 1.51. The highest BCUT2D eigenvalue weighted by atomic mass is 16.5. The number of nitrogens with two attached hydrogens (primary N) is 1. The second kappa shape index (κ2) is 6.36. The van der Waals surface area contributed by atoms with E-state index in [0.29, 0.717) is 13.2 Å². The van der Waals surface area contributed by atoms with Gasteiger partial charge in [-0.15, -0.1) is 0 Å². The molecule has 1 rings (SSSR count). The van der Waals surface area contributed by atoms with E-state index >= 15 is 0 Å². The summed E-state index contributed by atoms with van der Waals surface area (Å²) in [5.74, 6) is 1.54. The molecule has 0 atom stereocenters. The second-order valence-corrected chi connectivity index (χ2v) is 4.55. The van der Waals surface area contributed by atoms with Gasteiger partial charge < -0.3 is 21.1 Å². The molecule has 6 nitrogen and oxygen atoms in total. The molecular weight excluding hydrogens is 218 g/mol. The first-order valence-electron chi connectivity index (χ1n) is 5.59. The molecule has 0 spiro atoms. The highest BCUT2D eigenvalue weighted by molar-refractivity contribution is 5.46. The van der Waals surface area contributed by atoms with Gasteiger partial charge >= 0.3 is 0 Å². The number of rotatable bonds is 7. The van der Waals surface area contributed by atoms with Gasteiger partial charge in [0.15, 0.2) is 0 Å². The van der Waals surface area contributed by atoms with Crippen LogP contribution < -0.4 is 16.4 Å². The molecule has 0 aromatic carbocycles. The lowest BCUT2D eigenvalue weighted by Gasteiger charge is -2.19. The highest BCUT2D eigenvalue weighted by Crippen LogP contribution is 2.09. The summed E-state index contributed by atoms with van der Waals surface area (Å²) in [5, 5.41) is 6.30. The summed E-state index contributed by atoms with van der Waals surface area (Å²) in [5.41, 5.74) is 5.61. The van der Waals surface area contributed by atoms with Gasteiger partial charge in [-0.2, -0.15) is 0 Å². The zero-order valence-corrected chi connectivity index (χ0v) is 10.7. The Balaban J connectivity index is 2.48. The molecule has 6 heteroatoms. The standard InChI is InChI=1S/C11H21N5O/c1-11(2,12)7-14-10-6-9(15-8-16-10)13-4-5-17-3/h6,8H,4-5,7,12H2,1-3H3,(H2,13,14,15,16). The number of nitrogens with one attached hydrogen (secondary N) is 2. The van der Waals surface area contributed by atoms with Gasteiger partial charge in [0.05, 0.1) is 6.61 Å². The molecule has 0 bridgehead atoms. The van der Waals surface area contributed by atoms with Crippen molar-refractivity contribution in [3.63, 3.8) is 0 Å². The number of nitrogens with zero attached hydrogens (tertiary/aromatic N) is 2. The first-order valence-corrected chi connectivity index (χ1v) is 5.59. The van der Waals surface area contributed by atoms with Crippen LogP contribution >= 0.6 is 0 Å². The first kappa shape index (κ1) is 13.7. The van der Waals surface area contributed by atoms with Crippen molar-refractivity contribution < 1.29 is 4.74 Å². The van der Waals surface area contributed by atoms with E-state index in [1.807, 2.05) is 19.9 Å². The van der Waals surface area contributed by atoms with Crippen LogP contribution in [0.4, 0.5) is 11.6 Å². The smallest absolute Gasteiger partial charge is 0.131 e. The minimum Gasteiger partial charge on any atom is -0.383 e. The molecule has 0 aliphatic carbocycles. The molecule has 0 amide bonds. The average molecular weight is 239 g/mol. The summed E-state index contributed by atoms with van der Waals surface area (Å²) >= 11 is 0. The number of anilines is 2.